The summed E-state index contributed by atoms with van der Waals surface area (Å²) in [6, 6.07) is 0. The van der Waals surface area contributed by atoms with E-state index in [2.05, 4.69) is 18.9 Å². The normalized spacial score (nSPS) is 15.7. The third-order valence-corrected chi connectivity index (χ3v) is 3.21. The van der Waals surface area contributed by atoms with Crippen molar-refractivity contribution in [1.82, 2.24) is 10.0 Å². The van der Waals surface area contributed by atoms with Gasteiger partial charge in [-0.15, -0.1) is 0 Å². The molecule has 0 radical (unpaired) electrons. The van der Waals surface area contributed by atoms with Crippen molar-refractivity contribution in [2.24, 2.45) is 0 Å². The number of hydrogen-bond donors (Lipinski definition) is 0. The number of carbonyl (C=O) groups is 1. The van der Waals surface area contributed by atoms with Crippen LogP contribution in [-0.2, 0) is 4.79 Å². The zero-order valence-corrected chi connectivity index (χ0v) is 10.9. The molecule has 1 aliphatic rings. The fourth-order valence-corrected chi connectivity index (χ4v) is 2.04. The average molecular weight is 226 g/mol. The number of carbonyl (C=O) groups excluding carboxylic acids is 1. The minimum absolute atomic E-state index is 0.313. The van der Waals surface area contributed by atoms with Crippen molar-refractivity contribution in [3.05, 3.63) is 0 Å². The minimum Gasteiger partial charge on any atom is -0.275 e. The first-order chi connectivity index (χ1) is 7.79. The van der Waals surface area contributed by atoms with Crippen LogP contribution in [0.3, 0.4) is 0 Å². The maximum Gasteiger partial charge on any atom is 0.238 e. The Hall–Kier alpha value is -0.570. The Morgan fingerprint density at radius 2 is 1.62 bits per heavy atom. The molecule has 1 fully saturated rings. The monoisotopic (exact) mass is 226 g/mol. The second kappa shape index (κ2) is 7.66. The van der Waals surface area contributed by atoms with E-state index in [1.807, 2.05) is 5.01 Å². The molecule has 1 rings (SSSR count). The number of β-lactam (4-membered cyclic amide) rings is 1. The molecule has 0 N–H and O–H groups in total. The molecule has 0 aliphatic carbocycles. The molecule has 0 atom stereocenters. The van der Waals surface area contributed by atoms with Crippen LogP contribution in [0.15, 0.2) is 0 Å². The lowest BCUT2D eigenvalue weighted by atomic mass is 10.2. The highest BCUT2D eigenvalue weighted by molar-refractivity contribution is 5.81. The Morgan fingerprint density at radius 3 is 1.94 bits per heavy atom. The van der Waals surface area contributed by atoms with Gasteiger partial charge in [-0.25, -0.2) is 5.01 Å². The molecule has 0 unspecified atom stereocenters. The van der Waals surface area contributed by atoms with Gasteiger partial charge in [-0.05, 0) is 12.8 Å². The van der Waals surface area contributed by atoms with E-state index < -0.39 is 0 Å². The van der Waals surface area contributed by atoms with Crippen LogP contribution in [0.4, 0.5) is 0 Å². The van der Waals surface area contributed by atoms with Gasteiger partial charge in [0.05, 0.1) is 0 Å². The third-order valence-electron chi connectivity index (χ3n) is 3.21. The molecule has 0 aromatic rings. The number of hydrazine groups is 1. The van der Waals surface area contributed by atoms with Crippen LogP contribution < -0.4 is 0 Å². The van der Waals surface area contributed by atoms with Crippen molar-refractivity contribution in [2.75, 3.05) is 19.6 Å². The van der Waals surface area contributed by atoms with Gasteiger partial charge >= 0.3 is 0 Å². The maximum absolute atomic E-state index is 11.4. The van der Waals surface area contributed by atoms with E-state index in [0.29, 0.717) is 5.91 Å². The second-order valence-electron chi connectivity index (χ2n) is 4.63. The summed E-state index contributed by atoms with van der Waals surface area (Å²) in [6.45, 7) is 7.50. The first-order valence-electron chi connectivity index (χ1n) is 6.84. The van der Waals surface area contributed by atoms with Crippen molar-refractivity contribution in [2.45, 2.75) is 58.8 Å². The predicted molar refractivity (Wildman–Crippen MR) is 67.0 cm³/mol. The second-order valence-corrected chi connectivity index (χ2v) is 4.63. The summed E-state index contributed by atoms with van der Waals surface area (Å²) >= 11 is 0. The van der Waals surface area contributed by atoms with Gasteiger partial charge in [0, 0.05) is 26.1 Å². The van der Waals surface area contributed by atoms with Crippen molar-refractivity contribution in [1.29, 1.82) is 0 Å². The zero-order chi connectivity index (χ0) is 11.8. The van der Waals surface area contributed by atoms with E-state index in [1.165, 1.54) is 38.5 Å². The van der Waals surface area contributed by atoms with Crippen LogP contribution in [0.25, 0.3) is 0 Å². The first-order valence-corrected chi connectivity index (χ1v) is 6.84. The molecule has 16 heavy (non-hydrogen) atoms. The van der Waals surface area contributed by atoms with Crippen LogP contribution in [0.2, 0.25) is 0 Å². The fraction of sp³-hybridized carbons (Fsp3) is 0.923. The van der Waals surface area contributed by atoms with Crippen LogP contribution in [0, 0.1) is 0 Å². The molecular weight excluding hydrogens is 200 g/mol. The molecular formula is C13H26N2O. The molecule has 0 saturated carbocycles. The zero-order valence-electron chi connectivity index (χ0n) is 10.9. The standard InChI is InChI=1S/C13H26N2O/c1-3-5-7-10-14(11-8-6-4-2)15-12-9-13(15)16/h3-12H2,1-2H3. The maximum atomic E-state index is 11.4. The van der Waals surface area contributed by atoms with E-state index in [0.717, 1.165) is 26.1 Å². The predicted octanol–water partition coefficient (Wildman–Crippen LogP) is 2.82. The van der Waals surface area contributed by atoms with Gasteiger partial charge in [-0.1, -0.05) is 39.5 Å². The lowest BCUT2D eigenvalue weighted by molar-refractivity contribution is -0.164. The molecule has 1 heterocycles. The Morgan fingerprint density at radius 1 is 1.06 bits per heavy atom. The van der Waals surface area contributed by atoms with Gasteiger partial charge in [-0.3, -0.25) is 9.80 Å². The lowest BCUT2D eigenvalue weighted by Gasteiger charge is -2.40. The van der Waals surface area contributed by atoms with Gasteiger partial charge in [0.1, 0.15) is 0 Å². The molecule has 94 valence electrons. The smallest absolute Gasteiger partial charge is 0.238 e. The SMILES string of the molecule is CCCCCN(CCCCC)N1CCC1=O. The molecule has 1 aliphatic heterocycles. The van der Waals surface area contributed by atoms with Crippen LogP contribution in [0.5, 0.6) is 0 Å². The fourth-order valence-electron chi connectivity index (χ4n) is 2.04. The molecule has 0 bridgehead atoms. The third kappa shape index (κ3) is 4.12. The highest BCUT2D eigenvalue weighted by Crippen LogP contribution is 2.15. The van der Waals surface area contributed by atoms with Gasteiger partial charge in [0.15, 0.2) is 0 Å². The summed E-state index contributed by atoms with van der Waals surface area (Å²) in [7, 11) is 0. The van der Waals surface area contributed by atoms with Crippen molar-refractivity contribution in [3.8, 4) is 0 Å². The van der Waals surface area contributed by atoms with E-state index in [1.54, 1.807) is 0 Å². The van der Waals surface area contributed by atoms with Gasteiger partial charge in [-0.2, -0.15) is 0 Å². The molecule has 0 spiro atoms. The van der Waals surface area contributed by atoms with Crippen LogP contribution in [-0.4, -0.2) is 35.6 Å². The van der Waals surface area contributed by atoms with Crippen LogP contribution in [0.1, 0.15) is 58.8 Å². The topological polar surface area (TPSA) is 23.6 Å². The summed E-state index contributed by atoms with van der Waals surface area (Å²) in [4.78, 5) is 11.4. The van der Waals surface area contributed by atoms with E-state index in [-0.39, 0.29) is 0 Å². The lowest BCUT2D eigenvalue weighted by Crippen LogP contribution is -2.55. The Balaban J connectivity index is 2.26. The summed E-state index contributed by atoms with van der Waals surface area (Å²) in [5, 5.41) is 4.22. The van der Waals surface area contributed by atoms with Gasteiger partial charge in [0.2, 0.25) is 5.91 Å². The number of unbranched alkanes of at least 4 members (excludes halogenated alkanes) is 4. The number of nitrogens with zero attached hydrogens (tertiary/aromatic N) is 2. The molecule has 0 aromatic carbocycles. The van der Waals surface area contributed by atoms with E-state index in [4.69, 9.17) is 0 Å². The Bertz CT molecular complexity index is 196. The summed E-state index contributed by atoms with van der Waals surface area (Å²) in [6.07, 6.45) is 8.21. The summed E-state index contributed by atoms with van der Waals surface area (Å²) < 4.78 is 0. The molecule has 0 aromatic heterocycles. The van der Waals surface area contributed by atoms with E-state index >= 15 is 0 Å². The molecule has 1 saturated heterocycles. The van der Waals surface area contributed by atoms with Crippen molar-refractivity contribution in [3.63, 3.8) is 0 Å². The first kappa shape index (κ1) is 13.5. The Labute approximate surface area is 99.8 Å². The van der Waals surface area contributed by atoms with Crippen LogP contribution >= 0.6 is 0 Å². The number of amides is 1. The summed E-state index contributed by atoms with van der Waals surface area (Å²) in [5.41, 5.74) is 0. The van der Waals surface area contributed by atoms with Gasteiger partial charge < -0.3 is 0 Å². The Kier molecular flexibility index (Phi) is 6.46. The number of rotatable bonds is 9. The highest BCUT2D eigenvalue weighted by atomic mass is 16.2. The largest absolute Gasteiger partial charge is 0.275 e. The van der Waals surface area contributed by atoms with E-state index in [9.17, 15) is 4.79 Å². The number of hydrogen-bond acceptors (Lipinski definition) is 2. The average Bonchev–Trinajstić information content (AvgIpc) is 2.27. The summed E-state index contributed by atoms with van der Waals surface area (Å²) in [5.74, 6) is 0.313. The van der Waals surface area contributed by atoms with Gasteiger partial charge in [0.25, 0.3) is 0 Å². The molecule has 3 nitrogen and oxygen atoms in total. The minimum atomic E-state index is 0.313. The molecule has 1 amide bonds. The van der Waals surface area contributed by atoms with Crippen molar-refractivity contribution < 1.29 is 4.79 Å². The quantitative estimate of drug-likeness (QED) is 0.446. The van der Waals surface area contributed by atoms with Crippen molar-refractivity contribution >= 4 is 5.91 Å². The highest BCUT2D eigenvalue weighted by Gasteiger charge is 2.28. The molecule has 3 heteroatoms.